The van der Waals surface area contributed by atoms with Gasteiger partial charge >= 0.3 is 0 Å². The summed E-state index contributed by atoms with van der Waals surface area (Å²) in [6.45, 7) is 9.16. The van der Waals surface area contributed by atoms with Crippen LogP contribution in [0.3, 0.4) is 0 Å². The van der Waals surface area contributed by atoms with Gasteiger partial charge in [-0.05, 0) is 36.5 Å². The van der Waals surface area contributed by atoms with Crippen LogP contribution in [0.5, 0.6) is 0 Å². The van der Waals surface area contributed by atoms with Gasteiger partial charge in [0.1, 0.15) is 0 Å². The zero-order valence-corrected chi connectivity index (χ0v) is 13.8. The molecule has 20 heavy (non-hydrogen) atoms. The van der Waals surface area contributed by atoms with E-state index in [0.717, 1.165) is 12.8 Å². The van der Waals surface area contributed by atoms with E-state index in [2.05, 4.69) is 33.0 Å². The lowest BCUT2D eigenvalue weighted by atomic mass is 9.84. The van der Waals surface area contributed by atoms with E-state index >= 15 is 0 Å². The van der Waals surface area contributed by atoms with Gasteiger partial charge in [0.2, 0.25) is 0 Å². The van der Waals surface area contributed by atoms with Crippen molar-refractivity contribution in [1.29, 1.82) is 0 Å². The van der Waals surface area contributed by atoms with Gasteiger partial charge in [-0.25, -0.2) is 0 Å². The molecule has 1 amide bonds. The normalized spacial score (nSPS) is 11.7. The maximum Gasteiger partial charge on any atom is 0.251 e. The van der Waals surface area contributed by atoms with E-state index in [0.29, 0.717) is 23.9 Å². The molecular weight excluding hydrogens is 270 g/mol. The number of amides is 1. The average Bonchev–Trinajstić information content (AvgIpc) is 2.49. The van der Waals surface area contributed by atoms with Gasteiger partial charge in [-0.15, -0.1) is 11.6 Å². The van der Waals surface area contributed by atoms with E-state index in [9.17, 15) is 4.79 Å². The topological polar surface area (TPSA) is 29.1 Å². The summed E-state index contributed by atoms with van der Waals surface area (Å²) < 4.78 is 0. The van der Waals surface area contributed by atoms with Crippen LogP contribution in [0.25, 0.3) is 0 Å². The minimum absolute atomic E-state index is 0.00902. The van der Waals surface area contributed by atoms with E-state index in [-0.39, 0.29) is 11.3 Å². The van der Waals surface area contributed by atoms with Crippen LogP contribution >= 0.6 is 11.6 Å². The number of hydrogen-bond donors (Lipinski definition) is 1. The molecule has 0 unspecified atom stereocenters. The molecule has 112 valence electrons. The van der Waals surface area contributed by atoms with Crippen molar-refractivity contribution in [3.8, 4) is 0 Å². The molecule has 0 fully saturated rings. The van der Waals surface area contributed by atoms with Crippen LogP contribution in [0.4, 0.5) is 0 Å². The quantitative estimate of drug-likeness (QED) is 0.733. The van der Waals surface area contributed by atoms with Crippen LogP contribution < -0.4 is 5.32 Å². The van der Waals surface area contributed by atoms with Gasteiger partial charge in [0, 0.05) is 23.4 Å². The van der Waals surface area contributed by atoms with Crippen molar-refractivity contribution in [2.45, 2.75) is 46.5 Å². The van der Waals surface area contributed by atoms with Gasteiger partial charge in [0.25, 0.3) is 5.91 Å². The molecule has 0 atom stereocenters. The van der Waals surface area contributed by atoms with Crippen LogP contribution in [0, 0.1) is 5.41 Å². The molecule has 3 heteroatoms. The minimum atomic E-state index is -0.0169. The molecule has 0 radical (unpaired) electrons. The Bertz CT molecular complexity index is 413. The lowest BCUT2D eigenvalue weighted by molar-refractivity contribution is 0.0932. The van der Waals surface area contributed by atoms with E-state index in [1.807, 2.05) is 24.3 Å². The average molecular weight is 296 g/mol. The molecule has 0 saturated carbocycles. The van der Waals surface area contributed by atoms with Crippen molar-refractivity contribution in [3.63, 3.8) is 0 Å². The van der Waals surface area contributed by atoms with Gasteiger partial charge < -0.3 is 5.32 Å². The third kappa shape index (κ3) is 4.24. The zero-order chi connectivity index (χ0) is 15.2. The summed E-state index contributed by atoms with van der Waals surface area (Å²) in [7, 11) is 0. The lowest BCUT2D eigenvalue weighted by Crippen LogP contribution is -2.38. The summed E-state index contributed by atoms with van der Waals surface area (Å²) in [4.78, 5) is 12.2. The summed E-state index contributed by atoms with van der Waals surface area (Å²) >= 11 is 6.06. The van der Waals surface area contributed by atoms with Crippen LogP contribution in [0.1, 0.15) is 62.4 Å². The van der Waals surface area contributed by atoms with Crippen LogP contribution in [0.2, 0.25) is 0 Å². The summed E-state index contributed by atoms with van der Waals surface area (Å²) in [5, 5.41) is 3.02. The molecule has 0 aliphatic rings. The molecule has 0 aliphatic carbocycles. The number of nitrogens with one attached hydrogen (secondary N) is 1. The molecule has 0 aromatic heterocycles. The highest BCUT2D eigenvalue weighted by molar-refractivity contribution is 6.18. The third-order valence-corrected chi connectivity index (χ3v) is 4.81. The summed E-state index contributed by atoms with van der Waals surface area (Å²) in [5.41, 5.74) is 1.97. The highest BCUT2D eigenvalue weighted by Crippen LogP contribution is 2.27. The number of alkyl halides is 1. The van der Waals surface area contributed by atoms with Crippen LogP contribution in [-0.4, -0.2) is 18.3 Å². The Balaban J connectivity index is 2.67. The Hall–Kier alpha value is -1.02. The molecule has 1 rings (SSSR count). The minimum Gasteiger partial charge on any atom is -0.351 e. The van der Waals surface area contributed by atoms with E-state index in [4.69, 9.17) is 11.6 Å². The Morgan fingerprint density at radius 1 is 1.20 bits per heavy atom. The first-order valence-corrected chi connectivity index (χ1v) is 7.95. The first-order valence-electron chi connectivity index (χ1n) is 7.42. The van der Waals surface area contributed by atoms with Gasteiger partial charge in [0.15, 0.2) is 0 Å². The van der Waals surface area contributed by atoms with Gasteiger partial charge in [-0.1, -0.05) is 39.8 Å². The summed E-state index contributed by atoms with van der Waals surface area (Å²) in [5.74, 6) is 1.04. The fraction of sp³-hybridized carbons (Fsp3) is 0.588. The van der Waals surface area contributed by atoms with Gasteiger partial charge in [-0.2, -0.15) is 0 Å². The number of benzene rings is 1. The largest absolute Gasteiger partial charge is 0.351 e. The Morgan fingerprint density at radius 2 is 1.75 bits per heavy atom. The molecule has 1 aromatic carbocycles. The number of carbonyl (C=O) groups is 1. The van der Waals surface area contributed by atoms with Gasteiger partial charge in [-0.3, -0.25) is 4.79 Å². The molecule has 0 aliphatic heterocycles. The molecular formula is C17H26ClNO. The van der Waals surface area contributed by atoms with E-state index in [1.165, 1.54) is 5.56 Å². The highest BCUT2D eigenvalue weighted by atomic mass is 35.5. The maximum atomic E-state index is 12.2. The van der Waals surface area contributed by atoms with Crippen molar-refractivity contribution in [2.75, 3.05) is 12.4 Å². The smallest absolute Gasteiger partial charge is 0.251 e. The lowest BCUT2D eigenvalue weighted by Gasteiger charge is -2.29. The van der Waals surface area contributed by atoms with Crippen LogP contribution in [0.15, 0.2) is 24.3 Å². The Morgan fingerprint density at radius 3 is 2.15 bits per heavy atom. The summed E-state index contributed by atoms with van der Waals surface area (Å²) in [6, 6.07) is 7.83. The molecule has 1 N–H and O–H groups in total. The predicted octanol–water partition coefficient (Wildman–Crippen LogP) is 4.59. The second kappa shape index (κ2) is 7.68. The van der Waals surface area contributed by atoms with E-state index in [1.54, 1.807) is 0 Å². The second-order valence-electron chi connectivity index (χ2n) is 5.80. The molecule has 0 spiro atoms. The predicted molar refractivity (Wildman–Crippen MR) is 86.6 cm³/mol. The monoisotopic (exact) mass is 295 g/mol. The molecule has 2 nitrogen and oxygen atoms in total. The van der Waals surface area contributed by atoms with Crippen molar-refractivity contribution >= 4 is 17.5 Å². The molecule has 1 aromatic rings. The first-order chi connectivity index (χ1) is 9.48. The fourth-order valence-corrected chi connectivity index (χ4v) is 2.60. The standard InChI is InChI=1S/C17H26ClNO/c1-5-17(6-2,11-18)12-19-16(20)15-9-7-14(8-10-15)13(3)4/h7-10,13H,5-6,11-12H2,1-4H3,(H,19,20). The molecule has 0 saturated heterocycles. The SMILES string of the molecule is CCC(CC)(CCl)CNC(=O)c1ccc(C(C)C)cc1. The van der Waals surface area contributed by atoms with E-state index < -0.39 is 0 Å². The fourth-order valence-electron chi connectivity index (χ4n) is 2.13. The number of halogens is 1. The maximum absolute atomic E-state index is 12.2. The van der Waals surface area contributed by atoms with Crippen LogP contribution in [-0.2, 0) is 0 Å². The Kier molecular flexibility index (Phi) is 6.54. The van der Waals surface area contributed by atoms with Crippen molar-refractivity contribution < 1.29 is 4.79 Å². The molecule has 0 bridgehead atoms. The highest BCUT2D eigenvalue weighted by Gasteiger charge is 2.25. The summed E-state index contributed by atoms with van der Waals surface area (Å²) in [6.07, 6.45) is 1.94. The first kappa shape index (κ1) is 17.0. The Labute approximate surface area is 127 Å². The number of rotatable bonds is 7. The number of carbonyl (C=O) groups excluding carboxylic acids is 1. The van der Waals surface area contributed by atoms with Crippen molar-refractivity contribution in [1.82, 2.24) is 5.32 Å². The number of hydrogen-bond acceptors (Lipinski definition) is 1. The molecule has 0 heterocycles. The van der Waals surface area contributed by atoms with Gasteiger partial charge in [0.05, 0.1) is 0 Å². The van der Waals surface area contributed by atoms with Crippen molar-refractivity contribution in [2.24, 2.45) is 5.41 Å². The third-order valence-electron chi connectivity index (χ3n) is 4.25. The zero-order valence-electron chi connectivity index (χ0n) is 13.0. The van der Waals surface area contributed by atoms with Crippen molar-refractivity contribution in [3.05, 3.63) is 35.4 Å². The second-order valence-corrected chi connectivity index (χ2v) is 6.07.